The third kappa shape index (κ3) is 4.14. The monoisotopic (exact) mass is 222 g/mol. The molecule has 0 fully saturated rings. The van der Waals surface area contributed by atoms with Gasteiger partial charge in [-0.25, -0.2) is 4.98 Å². The Morgan fingerprint density at radius 1 is 1.62 bits per heavy atom. The molecule has 0 aliphatic rings. The Morgan fingerprint density at radius 2 is 2.44 bits per heavy atom. The lowest BCUT2D eigenvalue weighted by Gasteiger charge is -2.15. The van der Waals surface area contributed by atoms with Crippen LogP contribution in [0.5, 0.6) is 0 Å². The summed E-state index contributed by atoms with van der Waals surface area (Å²) in [6.07, 6.45) is 7.92. The van der Waals surface area contributed by atoms with E-state index in [1.54, 1.807) is 6.33 Å². The van der Waals surface area contributed by atoms with Crippen LogP contribution in [0, 0.1) is 0 Å². The molecule has 1 atom stereocenters. The Morgan fingerprint density at radius 3 is 3.00 bits per heavy atom. The van der Waals surface area contributed by atoms with Gasteiger partial charge in [0.05, 0.1) is 0 Å². The molecule has 0 spiro atoms. The third-order valence-electron chi connectivity index (χ3n) is 2.80. The molecule has 16 heavy (non-hydrogen) atoms. The molecule has 0 saturated heterocycles. The first-order valence-electron chi connectivity index (χ1n) is 5.95. The Kier molecular flexibility index (Phi) is 5.78. The number of aromatic nitrogens is 3. The molecule has 1 heterocycles. The summed E-state index contributed by atoms with van der Waals surface area (Å²) in [6, 6.07) is 0.589. The molecule has 1 aromatic heterocycles. The van der Waals surface area contributed by atoms with Crippen molar-refractivity contribution in [3.63, 3.8) is 0 Å². The summed E-state index contributed by atoms with van der Waals surface area (Å²) in [7, 11) is 1.93. The Bertz CT molecular complexity index is 306. The second-order valence-electron chi connectivity index (χ2n) is 3.98. The average Bonchev–Trinajstić information content (AvgIpc) is 2.69. The lowest BCUT2D eigenvalue weighted by atomic mass is 10.1. The Labute approximate surface area is 97.8 Å². The number of allylic oxidation sites excluding steroid dienone is 1. The highest BCUT2D eigenvalue weighted by Crippen LogP contribution is 2.02. The first-order chi connectivity index (χ1) is 7.77. The molecule has 0 aromatic carbocycles. The molecule has 0 aliphatic heterocycles. The summed E-state index contributed by atoms with van der Waals surface area (Å²) < 4.78 is 1.83. The highest BCUT2D eigenvalue weighted by atomic mass is 15.3. The van der Waals surface area contributed by atoms with Gasteiger partial charge in [-0.05, 0) is 19.3 Å². The topological polar surface area (TPSA) is 42.7 Å². The zero-order valence-corrected chi connectivity index (χ0v) is 10.3. The van der Waals surface area contributed by atoms with Crippen molar-refractivity contribution >= 4 is 0 Å². The summed E-state index contributed by atoms with van der Waals surface area (Å²) in [4.78, 5) is 4.20. The van der Waals surface area contributed by atoms with Gasteiger partial charge in [-0.15, -0.1) is 6.58 Å². The summed E-state index contributed by atoms with van der Waals surface area (Å²) in [6.45, 7) is 6.92. The third-order valence-corrected chi connectivity index (χ3v) is 2.80. The van der Waals surface area contributed by atoms with E-state index in [-0.39, 0.29) is 0 Å². The standard InChI is InChI=1S/C12H22N4/c1-4-6-7-11(5-2)13-9-8-12-14-10-15-16(12)3/h4,10-11,13H,1,5-9H2,2-3H3. The fraction of sp³-hybridized carbons (Fsp3) is 0.667. The van der Waals surface area contributed by atoms with Crippen molar-refractivity contribution in [2.24, 2.45) is 7.05 Å². The molecule has 1 N–H and O–H groups in total. The van der Waals surface area contributed by atoms with Gasteiger partial charge in [0.1, 0.15) is 12.2 Å². The maximum absolute atomic E-state index is 4.20. The number of rotatable bonds is 8. The van der Waals surface area contributed by atoms with E-state index in [9.17, 15) is 0 Å². The van der Waals surface area contributed by atoms with Gasteiger partial charge in [-0.2, -0.15) is 5.10 Å². The van der Waals surface area contributed by atoms with Crippen molar-refractivity contribution in [2.75, 3.05) is 6.54 Å². The Hall–Kier alpha value is -1.16. The summed E-state index contributed by atoms with van der Waals surface area (Å²) in [5.74, 6) is 1.03. The molecule has 0 bridgehead atoms. The number of aryl methyl sites for hydroxylation is 1. The van der Waals surface area contributed by atoms with Gasteiger partial charge in [0.2, 0.25) is 0 Å². The largest absolute Gasteiger partial charge is 0.314 e. The van der Waals surface area contributed by atoms with E-state index in [1.807, 2.05) is 17.8 Å². The van der Waals surface area contributed by atoms with Gasteiger partial charge in [-0.3, -0.25) is 4.68 Å². The first kappa shape index (κ1) is 12.9. The normalized spacial score (nSPS) is 12.6. The second kappa shape index (κ2) is 7.17. The van der Waals surface area contributed by atoms with Crippen LogP contribution in [0.25, 0.3) is 0 Å². The van der Waals surface area contributed by atoms with E-state index >= 15 is 0 Å². The van der Waals surface area contributed by atoms with E-state index in [0.717, 1.165) is 31.6 Å². The van der Waals surface area contributed by atoms with Gasteiger partial charge in [0.15, 0.2) is 0 Å². The van der Waals surface area contributed by atoms with Crippen molar-refractivity contribution < 1.29 is 0 Å². The molecular formula is C12H22N4. The fourth-order valence-corrected chi connectivity index (χ4v) is 1.70. The van der Waals surface area contributed by atoms with Gasteiger partial charge in [0, 0.05) is 26.1 Å². The number of hydrogen-bond acceptors (Lipinski definition) is 3. The van der Waals surface area contributed by atoms with Crippen LogP contribution >= 0.6 is 0 Å². The SMILES string of the molecule is C=CCCC(CC)NCCc1ncnn1C. The van der Waals surface area contributed by atoms with Crippen molar-refractivity contribution in [2.45, 2.75) is 38.6 Å². The fourth-order valence-electron chi connectivity index (χ4n) is 1.70. The van der Waals surface area contributed by atoms with Crippen LogP contribution in [-0.2, 0) is 13.5 Å². The van der Waals surface area contributed by atoms with Crippen molar-refractivity contribution in [1.29, 1.82) is 0 Å². The van der Waals surface area contributed by atoms with Gasteiger partial charge in [-0.1, -0.05) is 13.0 Å². The van der Waals surface area contributed by atoms with Crippen LogP contribution in [0.15, 0.2) is 19.0 Å². The first-order valence-corrected chi connectivity index (χ1v) is 5.95. The van der Waals surface area contributed by atoms with Crippen LogP contribution in [0.2, 0.25) is 0 Å². The van der Waals surface area contributed by atoms with Crippen molar-refractivity contribution in [3.8, 4) is 0 Å². The minimum Gasteiger partial charge on any atom is -0.314 e. The van der Waals surface area contributed by atoms with Crippen LogP contribution in [-0.4, -0.2) is 27.4 Å². The van der Waals surface area contributed by atoms with E-state index in [0.29, 0.717) is 6.04 Å². The van der Waals surface area contributed by atoms with E-state index in [4.69, 9.17) is 0 Å². The van der Waals surface area contributed by atoms with E-state index < -0.39 is 0 Å². The molecule has 1 rings (SSSR count). The van der Waals surface area contributed by atoms with Crippen molar-refractivity contribution in [1.82, 2.24) is 20.1 Å². The van der Waals surface area contributed by atoms with E-state index in [2.05, 4.69) is 28.9 Å². The molecule has 4 heteroatoms. The molecule has 4 nitrogen and oxygen atoms in total. The summed E-state index contributed by atoms with van der Waals surface area (Å²) in [5.41, 5.74) is 0. The zero-order chi connectivity index (χ0) is 11.8. The zero-order valence-electron chi connectivity index (χ0n) is 10.3. The van der Waals surface area contributed by atoms with Crippen molar-refractivity contribution in [3.05, 3.63) is 24.8 Å². The molecule has 0 radical (unpaired) electrons. The maximum atomic E-state index is 4.20. The van der Waals surface area contributed by atoms with Crippen LogP contribution < -0.4 is 5.32 Å². The summed E-state index contributed by atoms with van der Waals surface area (Å²) >= 11 is 0. The number of nitrogens with one attached hydrogen (secondary N) is 1. The minimum atomic E-state index is 0.589. The number of hydrogen-bond donors (Lipinski definition) is 1. The quantitative estimate of drug-likeness (QED) is 0.681. The number of nitrogens with zero attached hydrogens (tertiary/aromatic N) is 3. The molecule has 0 amide bonds. The second-order valence-corrected chi connectivity index (χ2v) is 3.98. The molecule has 0 saturated carbocycles. The molecule has 1 unspecified atom stereocenters. The predicted octanol–water partition coefficient (Wildman–Crippen LogP) is 1.69. The molecule has 1 aromatic rings. The van der Waals surface area contributed by atoms with Gasteiger partial charge >= 0.3 is 0 Å². The molecule has 0 aliphatic carbocycles. The summed E-state index contributed by atoms with van der Waals surface area (Å²) in [5, 5.41) is 7.59. The van der Waals surface area contributed by atoms with Crippen LogP contribution in [0.3, 0.4) is 0 Å². The van der Waals surface area contributed by atoms with Gasteiger partial charge in [0.25, 0.3) is 0 Å². The predicted molar refractivity (Wildman–Crippen MR) is 66.2 cm³/mol. The van der Waals surface area contributed by atoms with Crippen LogP contribution in [0.1, 0.15) is 32.0 Å². The van der Waals surface area contributed by atoms with Crippen LogP contribution in [0.4, 0.5) is 0 Å². The molecule has 90 valence electrons. The lowest BCUT2D eigenvalue weighted by Crippen LogP contribution is -2.30. The minimum absolute atomic E-state index is 0.589. The lowest BCUT2D eigenvalue weighted by molar-refractivity contribution is 0.469. The average molecular weight is 222 g/mol. The highest BCUT2D eigenvalue weighted by Gasteiger charge is 2.05. The Balaban J connectivity index is 2.23. The maximum Gasteiger partial charge on any atom is 0.138 e. The van der Waals surface area contributed by atoms with Gasteiger partial charge < -0.3 is 5.32 Å². The highest BCUT2D eigenvalue weighted by molar-refractivity contribution is 4.84. The smallest absolute Gasteiger partial charge is 0.138 e. The molecular weight excluding hydrogens is 200 g/mol. The van der Waals surface area contributed by atoms with E-state index in [1.165, 1.54) is 6.42 Å².